The van der Waals surface area contributed by atoms with Crippen LogP contribution in [0.25, 0.3) is 0 Å². The molecule has 108 valence electrons. The Kier molecular flexibility index (Phi) is 5.25. The molecule has 1 unspecified atom stereocenters. The summed E-state index contributed by atoms with van der Waals surface area (Å²) < 4.78 is 0. The zero-order valence-corrected chi connectivity index (χ0v) is 11.4. The number of carbonyl (C=O) groups is 3. The topological polar surface area (TPSA) is 94.9 Å². The van der Waals surface area contributed by atoms with Gasteiger partial charge < -0.3 is 15.1 Å². The summed E-state index contributed by atoms with van der Waals surface area (Å²) in [6, 6.07) is 6.79. The monoisotopic (exact) mass is 279 g/mol. The van der Waals surface area contributed by atoms with Crippen LogP contribution in [0.15, 0.2) is 24.3 Å². The van der Waals surface area contributed by atoms with Gasteiger partial charge in [-0.25, -0.2) is 0 Å². The molecular formula is C14H17NO5. The van der Waals surface area contributed by atoms with E-state index in [1.807, 2.05) is 0 Å². The Labute approximate surface area is 116 Å². The zero-order valence-electron chi connectivity index (χ0n) is 11.4. The molecule has 1 aromatic carbocycles. The highest BCUT2D eigenvalue weighted by molar-refractivity contribution is 5.97. The van der Waals surface area contributed by atoms with Crippen LogP contribution >= 0.6 is 0 Å². The molecule has 1 rings (SSSR count). The first kappa shape index (κ1) is 15.7. The molecule has 0 heterocycles. The number of amides is 1. The van der Waals surface area contributed by atoms with E-state index in [4.69, 9.17) is 10.2 Å². The van der Waals surface area contributed by atoms with Gasteiger partial charge in [-0.15, -0.1) is 0 Å². The fraction of sp³-hybridized carbons (Fsp3) is 0.357. The van der Waals surface area contributed by atoms with Gasteiger partial charge in [0.25, 0.3) is 5.91 Å². The van der Waals surface area contributed by atoms with E-state index in [1.165, 1.54) is 6.92 Å². The Morgan fingerprint density at radius 1 is 1.20 bits per heavy atom. The molecule has 2 N–H and O–H groups in total. The predicted molar refractivity (Wildman–Crippen MR) is 71.5 cm³/mol. The predicted octanol–water partition coefficient (Wildman–Crippen LogP) is 1.24. The molecule has 1 aromatic rings. The second-order valence-electron chi connectivity index (χ2n) is 4.63. The van der Waals surface area contributed by atoms with Gasteiger partial charge in [-0.1, -0.05) is 25.1 Å². The molecule has 0 spiro atoms. The molecule has 0 aliphatic rings. The van der Waals surface area contributed by atoms with Gasteiger partial charge in [0.15, 0.2) is 0 Å². The Balaban J connectivity index is 2.98. The van der Waals surface area contributed by atoms with E-state index < -0.39 is 30.3 Å². The van der Waals surface area contributed by atoms with Gasteiger partial charge in [-0.3, -0.25) is 14.4 Å². The van der Waals surface area contributed by atoms with E-state index in [1.54, 1.807) is 31.2 Å². The van der Waals surface area contributed by atoms with Crippen LogP contribution in [0.1, 0.15) is 22.8 Å². The lowest BCUT2D eigenvalue weighted by Crippen LogP contribution is -2.40. The normalized spacial score (nSPS) is 11.7. The number of nitrogens with zero attached hydrogens (tertiary/aromatic N) is 1. The first-order valence-corrected chi connectivity index (χ1v) is 6.12. The second-order valence-corrected chi connectivity index (χ2v) is 4.63. The number of aliphatic carboxylic acids is 2. The van der Waals surface area contributed by atoms with Crippen molar-refractivity contribution in [1.82, 2.24) is 4.90 Å². The number of benzene rings is 1. The summed E-state index contributed by atoms with van der Waals surface area (Å²) in [7, 11) is 0. The van der Waals surface area contributed by atoms with Gasteiger partial charge >= 0.3 is 11.9 Å². The number of hydrogen-bond acceptors (Lipinski definition) is 3. The van der Waals surface area contributed by atoms with Gasteiger partial charge in [-0.2, -0.15) is 0 Å². The maximum absolute atomic E-state index is 12.3. The number of aryl methyl sites for hydroxylation is 1. The lowest BCUT2D eigenvalue weighted by Gasteiger charge is -2.23. The third kappa shape index (κ3) is 4.08. The third-order valence-electron chi connectivity index (χ3n) is 2.90. The van der Waals surface area contributed by atoms with Crippen molar-refractivity contribution in [1.29, 1.82) is 0 Å². The van der Waals surface area contributed by atoms with Crippen molar-refractivity contribution >= 4 is 17.8 Å². The van der Waals surface area contributed by atoms with Crippen LogP contribution in [0.2, 0.25) is 0 Å². The number of carbonyl (C=O) groups excluding carboxylic acids is 1. The number of rotatable bonds is 6. The maximum atomic E-state index is 12.3. The summed E-state index contributed by atoms with van der Waals surface area (Å²) in [4.78, 5) is 35.1. The lowest BCUT2D eigenvalue weighted by atomic mass is 10.1. The smallest absolute Gasteiger partial charge is 0.323 e. The van der Waals surface area contributed by atoms with E-state index in [0.717, 1.165) is 10.5 Å². The Bertz CT molecular complexity index is 526. The maximum Gasteiger partial charge on any atom is 0.323 e. The van der Waals surface area contributed by atoms with Crippen molar-refractivity contribution in [3.63, 3.8) is 0 Å². The molecule has 0 aliphatic heterocycles. The Morgan fingerprint density at radius 2 is 1.80 bits per heavy atom. The minimum Gasteiger partial charge on any atom is -0.481 e. The summed E-state index contributed by atoms with van der Waals surface area (Å²) in [6.45, 7) is 2.51. The summed E-state index contributed by atoms with van der Waals surface area (Å²) >= 11 is 0. The van der Waals surface area contributed by atoms with Crippen LogP contribution in [0.4, 0.5) is 0 Å². The van der Waals surface area contributed by atoms with Gasteiger partial charge in [-0.05, 0) is 18.6 Å². The molecule has 0 saturated carbocycles. The SMILES string of the molecule is Cc1ccccc1C(=O)N(CC(=O)O)CC(C)C(=O)O. The Hall–Kier alpha value is -2.37. The van der Waals surface area contributed by atoms with E-state index in [2.05, 4.69) is 0 Å². The Morgan fingerprint density at radius 3 is 2.30 bits per heavy atom. The second kappa shape index (κ2) is 6.70. The number of hydrogen-bond donors (Lipinski definition) is 2. The van der Waals surface area contributed by atoms with Crippen molar-refractivity contribution in [3.05, 3.63) is 35.4 Å². The standard InChI is InChI=1S/C14H17NO5/c1-9-5-3-4-6-11(9)13(18)15(8-12(16)17)7-10(2)14(19)20/h3-6,10H,7-8H2,1-2H3,(H,16,17)(H,19,20). The van der Waals surface area contributed by atoms with E-state index in [9.17, 15) is 14.4 Å². The van der Waals surface area contributed by atoms with E-state index in [0.29, 0.717) is 5.56 Å². The van der Waals surface area contributed by atoms with Crippen LogP contribution in [0.5, 0.6) is 0 Å². The van der Waals surface area contributed by atoms with Gasteiger partial charge in [0, 0.05) is 12.1 Å². The largest absolute Gasteiger partial charge is 0.481 e. The summed E-state index contributed by atoms with van der Waals surface area (Å²) in [5.74, 6) is -3.55. The molecule has 0 aromatic heterocycles. The summed E-state index contributed by atoms with van der Waals surface area (Å²) in [6.07, 6.45) is 0. The highest BCUT2D eigenvalue weighted by Gasteiger charge is 2.24. The van der Waals surface area contributed by atoms with Gasteiger partial charge in [0.2, 0.25) is 0 Å². The van der Waals surface area contributed by atoms with Gasteiger partial charge in [0.1, 0.15) is 6.54 Å². The molecule has 0 fully saturated rings. The average molecular weight is 279 g/mol. The number of carboxylic acid groups (broad SMARTS) is 2. The van der Waals surface area contributed by atoms with Crippen molar-refractivity contribution < 1.29 is 24.6 Å². The molecule has 6 heteroatoms. The first-order valence-electron chi connectivity index (χ1n) is 6.12. The molecule has 1 amide bonds. The lowest BCUT2D eigenvalue weighted by molar-refractivity contribution is -0.143. The van der Waals surface area contributed by atoms with Crippen LogP contribution in [0.3, 0.4) is 0 Å². The number of carboxylic acids is 2. The molecule has 0 saturated heterocycles. The van der Waals surface area contributed by atoms with E-state index in [-0.39, 0.29) is 6.54 Å². The molecule has 20 heavy (non-hydrogen) atoms. The fourth-order valence-corrected chi connectivity index (χ4v) is 1.77. The van der Waals surface area contributed by atoms with Crippen molar-refractivity contribution in [2.24, 2.45) is 5.92 Å². The van der Waals surface area contributed by atoms with Gasteiger partial charge in [0.05, 0.1) is 5.92 Å². The third-order valence-corrected chi connectivity index (χ3v) is 2.90. The minimum atomic E-state index is -1.18. The van der Waals surface area contributed by atoms with Crippen molar-refractivity contribution in [2.75, 3.05) is 13.1 Å². The van der Waals surface area contributed by atoms with Crippen molar-refractivity contribution in [2.45, 2.75) is 13.8 Å². The highest BCUT2D eigenvalue weighted by atomic mass is 16.4. The molecular weight excluding hydrogens is 262 g/mol. The minimum absolute atomic E-state index is 0.144. The summed E-state index contributed by atoms with van der Waals surface area (Å²) in [5.41, 5.74) is 1.10. The first-order chi connectivity index (χ1) is 9.32. The highest BCUT2D eigenvalue weighted by Crippen LogP contribution is 2.12. The molecule has 0 radical (unpaired) electrons. The molecule has 6 nitrogen and oxygen atoms in total. The van der Waals surface area contributed by atoms with Crippen molar-refractivity contribution in [3.8, 4) is 0 Å². The van der Waals surface area contributed by atoms with Crippen LogP contribution < -0.4 is 0 Å². The molecule has 1 atom stereocenters. The quantitative estimate of drug-likeness (QED) is 0.817. The van der Waals surface area contributed by atoms with E-state index >= 15 is 0 Å². The molecule has 0 aliphatic carbocycles. The summed E-state index contributed by atoms with van der Waals surface area (Å²) in [5, 5.41) is 17.7. The average Bonchev–Trinajstić information content (AvgIpc) is 2.37. The van der Waals surface area contributed by atoms with Crippen LogP contribution in [-0.4, -0.2) is 46.0 Å². The van der Waals surface area contributed by atoms with Crippen LogP contribution in [-0.2, 0) is 9.59 Å². The molecule has 0 bridgehead atoms. The van der Waals surface area contributed by atoms with Crippen LogP contribution in [0, 0.1) is 12.8 Å². The fourth-order valence-electron chi connectivity index (χ4n) is 1.77. The zero-order chi connectivity index (χ0) is 15.3.